The number of likely N-dealkylation sites (N-methyl/N-ethyl adjacent to an activating group) is 1. The van der Waals surface area contributed by atoms with Gasteiger partial charge in [-0.1, -0.05) is 6.07 Å². The van der Waals surface area contributed by atoms with Gasteiger partial charge < -0.3 is 9.64 Å². The maximum Gasteiger partial charge on any atom is 0.257 e. The maximum absolute atomic E-state index is 14.3. The molecule has 1 saturated heterocycles. The number of hydrogen-bond donors (Lipinski definition) is 0. The van der Waals surface area contributed by atoms with Gasteiger partial charge in [0, 0.05) is 43.3 Å². The highest BCUT2D eigenvalue weighted by atomic mass is 32.1. The molecule has 5 nitrogen and oxygen atoms in total. The van der Waals surface area contributed by atoms with Crippen LogP contribution < -0.4 is 4.74 Å². The lowest BCUT2D eigenvalue weighted by atomic mass is 10.0. The summed E-state index contributed by atoms with van der Waals surface area (Å²) in [5.41, 5.74) is 1.25. The number of ether oxygens (including phenoxy) is 1. The van der Waals surface area contributed by atoms with Crippen molar-refractivity contribution in [1.29, 1.82) is 0 Å². The van der Waals surface area contributed by atoms with Gasteiger partial charge in [-0.2, -0.15) is 0 Å². The van der Waals surface area contributed by atoms with Gasteiger partial charge in [-0.25, -0.2) is 13.8 Å². The molecule has 1 fully saturated rings. The van der Waals surface area contributed by atoms with Crippen molar-refractivity contribution >= 4 is 17.2 Å². The molecule has 0 N–H and O–H groups in total. The van der Waals surface area contributed by atoms with Gasteiger partial charge in [0.25, 0.3) is 5.91 Å². The molecule has 2 aliphatic heterocycles. The summed E-state index contributed by atoms with van der Waals surface area (Å²) in [5, 5.41) is 2.97. The lowest BCUT2D eigenvalue weighted by Gasteiger charge is -2.25. The average Bonchev–Trinajstić information content (AvgIpc) is 3.35. The largest absolute Gasteiger partial charge is 0.486 e. The van der Waals surface area contributed by atoms with E-state index in [0.717, 1.165) is 11.1 Å². The molecule has 0 bridgehead atoms. The Hall–Kier alpha value is -2.84. The van der Waals surface area contributed by atoms with E-state index in [2.05, 4.69) is 9.88 Å². The molecule has 30 heavy (non-hydrogen) atoms. The number of fused-ring (bicyclic) bond motifs is 2. The van der Waals surface area contributed by atoms with Crippen LogP contribution in [0, 0.1) is 11.6 Å². The molecular weight excluding hydrogens is 408 g/mol. The van der Waals surface area contributed by atoms with Crippen molar-refractivity contribution in [3.8, 4) is 16.9 Å². The Morgan fingerprint density at radius 1 is 1.17 bits per heavy atom. The number of thiazole rings is 1. The molecule has 2 unspecified atom stereocenters. The molecule has 2 aromatic carbocycles. The van der Waals surface area contributed by atoms with Gasteiger partial charge in [-0.3, -0.25) is 9.69 Å². The Labute approximate surface area is 176 Å². The second-order valence-electron chi connectivity index (χ2n) is 7.59. The van der Waals surface area contributed by atoms with E-state index in [4.69, 9.17) is 4.74 Å². The number of amides is 1. The van der Waals surface area contributed by atoms with Crippen LogP contribution in [0.3, 0.4) is 0 Å². The van der Waals surface area contributed by atoms with E-state index in [1.54, 1.807) is 47.7 Å². The molecule has 154 valence electrons. The van der Waals surface area contributed by atoms with Crippen LogP contribution in [-0.4, -0.2) is 53.0 Å². The van der Waals surface area contributed by atoms with Crippen LogP contribution in [0.2, 0.25) is 0 Å². The predicted molar refractivity (Wildman–Crippen MR) is 109 cm³/mol. The third-order valence-electron chi connectivity index (χ3n) is 5.71. The monoisotopic (exact) mass is 427 g/mol. The summed E-state index contributed by atoms with van der Waals surface area (Å²) in [6.07, 6.45) is 1.58. The summed E-state index contributed by atoms with van der Waals surface area (Å²) in [5.74, 6) is -0.982. The number of rotatable bonds is 3. The van der Waals surface area contributed by atoms with Crippen LogP contribution in [-0.2, 0) is 6.54 Å². The quantitative estimate of drug-likeness (QED) is 0.638. The fourth-order valence-corrected chi connectivity index (χ4v) is 4.82. The number of nitrogens with zero attached hydrogens (tertiary/aromatic N) is 3. The standard InChI is InChI=1S/C22H19F2N3O2S/c1-26-18-10-27(12-21-25-6-7-30-21)11-20(18)29-19-8-13(2-4-16(19)22(26)28)15-5-3-14(23)9-17(15)24/h2-9,18,20H,10-12H2,1H3. The minimum absolute atomic E-state index is 0.0872. The van der Waals surface area contributed by atoms with E-state index in [1.165, 1.54) is 12.1 Å². The Morgan fingerprint density at radius 3 is 2.77 bits per heavy atom. The van der Waals surface area contributed by atoms with Gasteiger partial charge in [0.05, 0.1) is 18.2 Å². The molecule has 0 radical (unpaired) electrons. The van der Waals surface area contributed by atoms with Crippen LogP contribution in [0.4, 0.5) is 8.78 Å². The number of benzene rings is 2. The summed E-state index contributed by atoms with van der Waals surface area (Å²) in [6, 6.07) is 8.36. The lowest BCUT2D eigenvalue weighted by Crippen LogP contribution is -2.44. The second kappa shape index (κ2) is 7.45. The van der Waals surface area contributed by atoms with Crippen molar-refractivity contribution in [3.63, 3.8) is 0 Å². The van der Waals surface area contributed by atoms with Crippen molar-refractivity contribution in [2.45, 2.75) is 18.7 Å². The third-order valence-corrected chi connectivity index (χ3v) is 6.47. The van der Waals surface area contributed by atoms with Gasteiger partial charge >= 0.3 is 0 Å². The van der Waals surface area contributed by atoms with Crippen LogP contribution >= 0.6 is 11.3 Å². The molecule has 3 heterocycles. The number of hydrogen-bond acceptors (Lipinski definition) is 5. The molecule has 8 heteroatoms. The molecule has 0 spiro atoms. The SMILES string of the molecule is CN1C(=O)c2ccc(-c3ccc(F)cc3F)cc2OC2CN(Cc3nccs3)CC21. The molecule has 2 aliphatic rings. The van der Waals surface area contributed by atoms with Crippen LogP contribution in [0.5, 0.6) is 5.75 Å². The summed E-state index contributed by atoms with van der Waals surface area (Å²) in [7, 11) is 1.79. The Balaban J connectivity index is 1.46. The van der Waals surface area contributed by atoms with Crippen molar-refractivity contribution < 1.29 is 18.3 Å². The second-order valence-corrected chi connectivity index (χ2v) is 8.57. The van der Waals surface area contributed by atoms with Crippen molar-refractivity contribution in [1.82, 2.24) is 14.8 Å². The number of carbonyl (C=O) groups excluding carboxylic acids is 1. The van der Waals surface area contributed by atoms with Crippen molar-refractivity contribution in [2.24, 2.45) is 0 Å². The maximum atomic E-state index is 14.3. The Kier molecular flexibility index (Phi) is 4.75. The highest BCUT2D eigenvalue weighted by molar-refractivity contribution is 7.09. The Bertz CT molecular complexity index is 1110. The van der Waals surface area contributed by atoms with E-state index < -0.39 is 11.6 Å². The molecule has 2 atom stereocenters. The van der Waals surface area contributed by atoms with Crippen molar-refractivity contribution in [3.05, 3.63) is 70.2 Å². The van der Waals surface area contributed by atoms with Crippen molar-refractivity contribution in [2.75, 3.05) is 20.1 Å². The zero-order valence-electron chi connectivity index (χ0n) is 16.2. The average molecular weight is 427 g/mol. The summed E-state index contributed by atoms with van der Waals surface area (Å²) in [4.78, 5) is 21.4. The van der Waals surface area contributed by atoms with Crippen LogP contribution in [0.15, 0.2) is 48.0 Å². The zero-order chi connectivity index (χ0) is 20.8. The first kappa shape index (κ1) is 19.1. The number of halogens is 2. The van der Waals surface area contributed by atoms with E-state index in [0.29, 0.717) is 36.5 Å². The molecule has 3 aromatic rings. The zero-order valence-corrected chi connectivity index (χ0v) is 17.0. The lowest BCUT2D eigenvalue weighted by molar-refractivity contribution is 0.0682. The van der Waals surface area contributed by atoms with Gasteiger partial charge in [-0.15, -0.1) is 11.3 Å². The number of aromatic nitrogens is 1. The van der Waals surface area contributed by atoms with Gasteiger partial charge in [0.1, 0.15) is 28.5 Å². The molecule has 0 aliphatic carbocycles. The topological polar surface area (TPSA) is 45.7 Å². The molecular formula is C22H19F2N3O2S. The van der Waals surface area contributed by atoms with Gasteiger partial charge in [-0.05, 0) is 29.8 Å². The molecule has 5 rings (SSSR count). The Morgan fingerprint density at radius 2 is 2.00 bits per heavy atom. The minimum atomic E-state index is -0.652. The van der Waals surface area contributed by atoms with E-state index >= 15 is 0 Å². The highest BCUT2D eigenvalue weighted by Gasteiger charge is 2.42. The fraction of sp³-hybridized carbons (Fsp3) is 0.273. The normalized spacial score (nSPS) is 21.2. The van der Waals surface area contributed by atoms with E-state index in [9.17, 15) is 13.6 Å². The smallest absolute Gasteiger partial charge is 0.257 e. The first-order chi connectivity index (χ1) is 14.5. The van der Waals surface area contributed by atoms with Gasteiger partial charge in [0.15, 0.2) is 0 Å². The predicted octanol–water partition coefficient (Wildman–Crippen LogP) is 3.81. The number of carbonyl (C=O) groups is 1. The van der Waals surface area contributed by atoms with Crippen LogP contribution in [0.1, 0.15) is 15.4 Å². The van der Waals surface area contributed by atoms with E-state index in [-0.39, 0.29) is 23.6 Å². The fourth-order valence-electron chi connectivity index (χ4n) is 4.16. The highest BCUT2D eigenvalue weighted by Crippen LogP contribution is 2.35. The van der Waals surface area contributed by atoms with E-state index in [1.807, 2.05) is 5.38 Å². The first-order valence-corrected chi connectivity index (χ1v) is 10.5. The molecule has 1 aromatic heterocycles. The van der Waals surface area contributed by atoms with Gasteiger partial charge in [0.2, 0.25) is 0 Å². The third kappa shape index (κ3) is 3.36. The minimum Gasteiger partial charge on any atom is -0.486 e. The molecule has 1 amide bonds. The summed E-state index contributed by atoms with van der Waals surface area (Å²) < 4.78 is 33.8. The summed E-state index contributed by atoms with van der Waals surface area (Å²) in [6.45, 7) is 2.07. The number of likely N-dealkylation sites (tertiary alicyclic amines) is 1. The molecule has 0 saturated carbocycles. The summed E-state index contributed by atoms with van der Waals surface area (Å²) >= 11 is 1.60. The first-order valence-electron chi connectivity index (χ1n) is 9.63. The van der Waals surface area contributed by atoms with Crippen LogP contribution in [0.25, 0.3) is 11.1 Å².